The van der Waals surface area contributed by atoms with Crippen LogP contribution in [-0.2, 0) is 9.53 Å². The van der Waals surface area contributed by atoms with E-state index in [1.165, 1.54) is 26.4 Å². The molecule has 1 aromatic heterocycles. The number of nitrogens with zero attached hydrogens (tertiary/aromatic N) is 1. The number of fused-ring (bicyclic) bond motifs is 1. The van der Waals surface area contributed by atoms with E-state index in [9.17, 15) is 9.18 Å². The SMILES string of the molecule is COC(=O)/C=C(/c1ccc(-c2ccc3cccc(F)c3c2)nc1OC)C(C)C. The third-order valence-electron chi connectivity index (χ3n) is 4.59. The van der Waals surface area contributed by atoms with Crippen LogP contribution in [0.2, 0.25) is 0 Å². The Morgan fingerprint density at radius 1 is 1.11 bits per heavy atom. The first kappa shape index (κ1) is 19.5. The van der Waals surface area contributed by atoms with Gasteiger partial charge in [0, 0.05) is 22.6 Å². The molecule has 0 fully saturated rings. The molecule has 3 aromatic rings. The number of rotatable bonds is 5. The molecule has 3 rings (SSSR count). The smallest absolute Gasteiger partial charge is 0.330 e. The Labute approximate surface area is 163 Å². The zero-order valence-corrected chi connectivity index (χ0v) is 16.3. The van der Waals surface area contributed by atoms with Crippen molar-refractivity contribution >= 4 is 22.3 Å². The molecular weight excluding hydrogens is 357 g/mol. The predicted octanol–water partition coefficient (Wildman–Crippen LogP) is 5.26. The highest BCUT2D eigenvalue weighted by Gasteiger charge is 2.17. The van der Waals surface area contributed by atoms with Gasteiger partial charge in [-0.15, -0.1) is 0 Å². The fourth-order valence-electron chi connectivity index (χ4n) is 3.11. The Morgan fingerprint density at radius 3 is 2.57 bits per heavy atom. The van der Waals surface area contributed by atoms with Crippen molar-refractivity contribution in [1.82, 2.24) is 4.98 Å². The summed E-state index contributed by atoms with van der Waals surface area (Å²) in [7, 11) is 2.87. The Morgan fingerprint density at radius 2 is 1.89 bits per heavy atom. The summed E-state index contributed by atoms with van der Waals surface area (Å²) in [6.45, 7) is 3.96. The number of carbonyl (C=O) groups is 1. The van der Waals surface area contributed by atoms with E-state index in [4.69, 9.17) is 9.47 Å². The van der Waals surface area contributed by atoms with Gasteiger partial charge in [0.25, 0.3) is 0 Å². The monoisotopic (exact) mass is 379 g/mol. The Bertz CT molecular complexity index is 1060. The van der Waals surface area contributed by atoms with Crippen molar-refractivity contribution in [1.29, 1.82) is 0 Å². The molecule has 0 aliphatic rings. The van der Waals surface area contributed by atoms with Gasteiger partial charge in [0.2, 0.25) is 5.88 Å². The van der Waals surface area contributed by atoms with Gasteiger partial charge in [0.15, 0.2) is 0 Å². The number of halogens is 1. The number of esters is 1. The molecule has 0 radical (unpaired) electrons. The Kier molecular flexibility index (Phi) is 5.73. The Hall–Kier alpha value is -3.21. The number of carbonyl (C=O) groups excluding carboxylic acids is 1. The van der Waals surface area contributed by atoms with Crippen LogP contribution in [0, 0.1) is 11.7 Å². The van der Waals surface area contributed by atoms with Gasteiger partial charge in [-0.05, 0) is 41.1 Å². The van der Waals surface area contributed by atoms with E-state index in [0.717, 1.165) is 22.1 Å². The minimum absolute atomic E-state index is 0.0652. The number of pyridine rings is 1. The second kappa shape index (κ2) is 8.21. The van der Waals surface area contributed by atoms with Gasteiger partial charge in [0.1, 0.15) is 5.82 Å². The van der Waals surface area contributed by atoms with Crippen molar-refractivity contribution in [3.63, 3.8) is 0 Å². The number of ether oxygens (including phenoxy) is 2. The van der Waals surface area contributed by atoms with Gasteiger partial charge in [-0.2, -0.15) is 0 Å². The average Bonchev–Trinajstić information content (AvgIpc) is 2.71. The van der Waals surface area contributed by atoms with Crippen LogP contribution in [0.1, 0.15) is 19.4 Å². The van der Waals surface area contributed by atoms with Crippen molar-refractivity contribution in [2.24, 2.45) is 5.92 Å². The lowest BCUT2D eigenvalue weighted by atomic mass is 9.95. The van der Waals surface area contributed by atoms with Crippen LogP contribution in [0.4, 0.5) is 4.39 Å². The van der Waals surface area contributed by atoms with E-state index in [2.05, 4.69) is 4.98 Å². The van der Waals surface area contributed by atoms with Crippen molar-refractivity contribution in [3.8, 4) is 17.1 Å². The number of hydrogen-bond acceptors (Lipinski definition) is 4. The summed E-state index contributed by atoms with van der Waals surface area (Å²) in [5.41, 5.74) is 2.93. The maximum atomic E-state index is 14.1. The lowest BCUT2D eigenvalue weighted by Crippen LogP contribution is -2.04. The standard InChI is InChI=1S/C23H22FNO3/c1-14(2)18(13-22(26)27-3)17-10-11-21(25-23(17)28-4)16-9-8-15-6-5-7-20(24)19(15)12-16/h5-14H,1-4H3/b18-13+. The lowest BCUT2D eigenvalue weighted by molar-refractivity contribution is -0.134. The zero-order valence-electron chi connectivity index (χ0n) is 16.3. The largest absolute Gasteiger partial charge is 0.481 e. The van der Waals surface area contributed by atoms with E-state index in [0.29, 0.717) is 17.0 Å². The quantitative estimate of drug-likeness (QED) is 0.448. The molecule has 0 amide bonds. The zero-order chi connectivity index (χ0) is 20.3. The van der Waals surface area contributed by atoms with E-state index >= 15 is 0 Å². The van der Waals surface area contributed by atoms with Gasteiger partial charge in [0.05, 0.1) is 19.9 Å². The third-order valence-corrected chi connectivity index (χ3v) is 4.59. The first-order valence-corrected chi connectivity index (χ1v) is 8.98. The molecule has 0 aliphatic heterocycles. The maximum absolute atomic E-state index is 14.1. The molecule has 0 atom stereocenters. The van der Waals surface area contributed by atoms with Crippen LogP contribution >= 0.6 is 0 Å². The molecule has 0 saturated carbocycles. The molecule has 0 saturated heterocycles. The molecule has 2 aromatic carbocycles. The van der Waals surface area contributed by atoms with Crippen molar-refractivity contribution in [2.45, 2.75) is 13.8 Å². The molecule has 28 heavy (non-hydrogen) atoms. The second-order valence-corrected chi connectivity index (χ2v) is 6.71. The first-order valence-electron chi connectivity index (χ1n) is 8.98. The van der Waals surface area contributed by atoms with Crippen LogP contribution in [-0.4, -0.2) is 25.2 Å². The fourth-order valence-corrected chi connectivity index (χ4v) is 3.11. The minimum Gasteiger partial charge on any atom is -0.481 e. The highest BCUT2D eigenvalue weighted by molar-refractivity contribution is 5.93. The van der Waals surface area contributed by atoms with Crippen LogP contribution < -0.4 is 4.74 Å². The number of allylic oxidation sites excluding steroid dienone is 1. The van der Waals surface area contributed by atoms with Gasteiger partial charge in [-0.1, -0.05) is 38.1 Å². The molecule has 5 heteroatoms. The van der Waals surface area contributed by atoms with Crippen LogP contribution in [0.5, 0.6) is 5.88 Å². The molecule has 144 valence electrons. The molecule has 1 heterocycles. The van der Waals surface area contributed by atoms with E-state index < -0.39 is 5.97 Å². The summed E-state index contributed by atoms with van der Waals surface area (Å²) in [6, 6.07) is 14.2. The summed E-state index contributed by atoms with van der Waals surface area (Å²) in [5, 5.41) is 1.37. The first-order chi connectivity index (χ1) is 13.4. The molecule has 0 unspecified atom stereocenters. The average molecular weight is 379 g/mol. The normalized spacial score (nSPS) is 11.7. The van der Waals surface area contributed by atoms with Crippen molar-refractivity contribution in [2.75, 3.05) is 14.2 Å². The molecule has 0 N–H and O–H groups in total. The number of benzene rings is 2. The van der Waals surface area contributed by atoms with Gasteiger partial charge in [-0.3, -0.25) is 0 Å². The van der Waals surface area contributed by atoms with Crippen molar-refractivity contribution < 1.29 is 18.7 Å². The lowest BCUT2D eigenvalue weighted by Gasteiger charge is -2.15. The van der Waals surface area contributed by atoms with Crippen molar-refractivity contribution in [3.05, 3.63) is 66.0 Å². The second-order valence-electron chi connectivity index (χ2n) is 6.71. The summed E-state index contributed by atoms with van der Waals surface area (Å²) in [5.74, 6) is -0.240. The van der Waals surface area contributed by atoms with E-state index in [1.54, 1.807) is 12.1 Å². The van der Waals surface area contributed by atoms with Crippen LogP contribution in [0.15, 0.2) is 54.6 Å². The molecule has 4 nitrogen and oxygen atoms in total. The summed E-state index contributed by atoms with van der Waals surface area (Å²) < 4.78 is 24.4. The van der Waals surface area contributed by atoms with Crippen LogP contribution in [0.3, 0.4) is 0 Å². The summed E-state index contributed by atoms with van der Waals surface area (Å²) in [6.07, 6.45) is 1.45. The van der Waals surface area contributed by atoms with Crippen LogP contribution in [0.25, 0.3) is 27.6 Å². The molecule has 0 spiro atoms. The molecular formula is C23H22FNO3. The maximum Gasteiger partial charge on any atom is 0.330 e. The summed E-state index contributed by atoms with van der Waals surface area (Å²) in [4.78, 5) is 16.3. The van der Waals surface area contributed by atoms with E-state index in [-0.39, 0.29) is 11.7 Å². The minimum atomic E-state index is -0.431. The number of hydrogen-bond donors (Lipinski definition) is 0. The Balaban J connectivity index is 2.10. The van der Waals surface area contributed by atoms with Gasteiger partial charge in [-0.25, -0.2) is 14.2 Å². The van der Waals surface area contributed by atoms with E-state index in [1.807, 2.05) is 44.2 Å². The fraction of sp³-hybridized carbons (Fsp3) is 0.217. The number of methoxy groups -OCH3 is 2. The topological polar surface area (TPSA) is 48.4 Å². The highest BCUT2D eigenvalue weighted by Crippen LogP contribution is 2.33. The summed E-state index contributed by atoms with van der Waals surface area (Å²) >= 11 is 0. The third kappa shape index (κ3) is 3.88. The molecule has 0 aliphatic carbocycles. The predicted molar refractivity (Wildman–Crippen MR) is 109 cm³/mol. The highest BCUT2D eigenvalue weighted by atomic mass is 19.1. The molecule has 0 bridgehead atoms. The number of aromatic nitrogens is 1. The van der Waals surface area contributed by atoms with Gasteiger partial charge >= 0.3 is 5.97 Å². The van der Waals surface area contributed by atoms with Gasteiger partial charge < -0.3 is 9.47 Å².